The van der Waals surface area contributed by atoms with E-state index in [1.54, 1.807) is 0 Å². The van der Waals surface area contributed by atoms with Crippen LogP contribution in [0.3, 0.4) is 0 Å². The van der Waals surface area contributed by atoms with Gasteiger partial charge in [-0.2, -0.15) is 13.2 Å². The standard InChI is InChI=1S/C13H17ClF3NO2S/c1-3-9(4-2)8-18-21(19,20)10-5-6-12(14)11(7-10)13(15,16)17/h5-7,9,18H,3-4,8H2,1-2H3. The van der Waals surface area contributed by atoms with E-state index in [9.17, 15) is 21.6 Å². The van der Waals surface area contributed by atoms with Crippen molar-refractivity contribution < 1.29 is 21.6 Å². The van der Waals surface area contributed by atoms with Crippen LogP contribution < -0.4 is 4.72 Å². The Morgan fingerprint density at radius 3 is 2.29 bits per heavy atom. The zero-order valence-corrected chi connectivity index (χ0v) is 13.2. The zero-order valence-electron chi connectivity index (χ0n) is 11.7. The molecule has 3 nitrogen and oxygen atoms in total. The van der Waals surface area contributed by atoms with Gasteiger partial charge in [0.1, 0.15) is 0 Å². The van der Waals surface area contributed by atoms with Crippen molar-refractivity contribution >= 4 is 21.6 Å². The molecule has 0 spiro atoms. The fourth-order valence-electron chi connectivity index (χ4n) is 1.78. The maximum absolute atomic E-state index is 12.7. The summed E-state index contributed by atoms with van der Waals surface area (Å²) in [6.45, 7) is 4.04. The fraction of sp³-hybridized carbons (Fsp3) is 0.538. The van der Waals surface area contributed by atoms with Crippen LogP contribution in [0.15, 0.2) is 23.1 Å². The molecule has 0 fully saturated rings. The molecular formula is C13H17ClF3NO2S. The van der Waals surface area contributed by atoms with E-state index in [1.165, 1.54) is 0 Å². The van der Waals surface area contributed by atoms with Gasteiger partial charge in [0, 0.05) is 6.54 Å². The average Bonchev–Trinajstić information content (AvgIpc) is 2.38. The minimum atomic E-state index is -4.70. The van der Waals surface area contributed by atoms with Gasteiger partial charge in [0.25, 0.3) is 0 Å². The lowest BCUT2D eigenvalue weighted by molar-refractivity contribution is -0.137. The summed E-state index contributed by atoms with van der Waals surface area (Å²) in [5.74, 6) is 0.147. The van der Waals surface area contributed by atoms with Gasteiger partial charge in [0.2, 0.25) is 10.0 Å². The van der Waals surface area contributed by atoms with Crippen molar-refractivity contribution in [1.29, 1.82) is 0 Å². The van der Waals surface area contributed by atoms with Gasteiger partial charge in [0.05, 0.1) is 15.5 Å². The Labute approximate surface area is 127 Å². The summed E-state index contributed by atoms with van der Waals surface area (Å²) in [7, 11) is -3.98. The quantitative estimate of drug-likeness (QED) is 0.846. The number of sulfonamides is 1. The zero-order chi connectivity index (χ0) is 16.3. The van der Waals surface area contributed by atoms with Crippen LogP contribution >= 0.6 is 11.6 Å². The highest BCUT2D eigenvalue weighted by molar-refractivity contribution is 7.89. The van der Waals surface area contributed by atoms with Crippen molar-refractivity contribution in [3.63, 3.8) is 0 Å². The second kappa shape index (κ2) is 6.98. The summed E-state index contributed by atoms with van der Waals surface area (Å²) in [5, 5.41) is -0.526. The summed E-state index contributed by atoms with van der Waals surface area (Å²) >= 11 is 5.47. The molecule has 0 radical (unpaired) electrons. The van der Waals surface area contributed by atoms with E-state index in [2.05, 4.69) is 4.72 Å². The largest absolute Gasteiger partial charge is 0.417 e. The Morgan fingerprint density at radius 1 is 1.24 bits per heavy atom. The van der Waals surface area contributed by atoms with Gasteiger partial charge in [-0.15, -0.1) is 0 Å². The van der Waals surface area contributed by atoms with E-state index in [0.717, 1.165) is 25.0 Å². The maximum Gasteiger partial charge on any atom is 0.417 e. The first-order valence-electron chi connectivity index (χ1n) is 6.48. The molecule has 1 aromatic carbocycles. The third kappa shape index (κ3) is 4.86. The number of benzene rings is 1. The van der Waals surface area contributed by atoms with Crippen molar-refractivity contribution in [2.75, 3.05) is 6.54 Å². The number of halogens is 4. The first kappa shape index (κ1) is 18.3. The molecule has 0 atom stereocenters. The van der Waals surface area contributed by atoms with Gasteiger partial charge in [0.15, 0.2) is 0 Å². The topological polar surface area (TPSA) is 46.2 Å². The van der Waals surface area contributed by atoms with Gasteiger partial charge >= 0.3 is 6.18 Å². The molecule has 0 aliphatic rings. The monoisotopic (exact) mass is 343 g/mol. The Morgan fingerprint density at radius 2 is 1.81 bits per heavy atom. The number of hydrogen-bond acceptors (Lipinski definition) is 2. The number of hydrogen-bond donors (Lipinski definition) is 1. The van der Waals surface area contributed by atoms with Crippen LogP contribution in [-0.2, 0) is 16.2 Å². The van der Waals surface area contributed by atoms with E-state index in [-0.39, 0.29) is 12.5 Å². The van der Waals surface area contributed by atoms with Gasteiger partial charge < -0.3 is 0 Å². The summed E-state index contributed by atoms with van der Waals surface area (Å²) in [6, 6.07) is 2.56. The molecule has 0 unspecified atom stereocenters. The summed E-state index contributed by atoms with van der Waals surface area (Å²) < 4.78 is 64.6. The van der Waals surface area contributed by atoms with Gasteiger partial charge in [-0.3, -0.25) is 0 Å². The van der Waals surface area contributed by atoms with E-state index < -0.39 is 31.7 Å². The summed E-state index contributed by atoms with van der Waals surface area (Å²) in [4.78, 5) is -0.440. The predicted molar refractivity (Wildman–Crippen MR) is 75.7 cm³/mol. The molecule has 0 saturated carbocycles. The lowest BCUT2D eigenvalue weighted by atomic mass is 10.0. The fourth-order valence-corrected chi connectivity index (χ4v) is 3.14. The molecular weight excluding hydrogens is 327 g/mol. The third-order valence-electron chi connectivity index (χ3n) is 3.27. The maximum atomic E-state index is 12.7. The molecule has 0 aromatic heterocycles. The molecule has 0 aliphatic carbocycles. The lowest BCUT2D eigenvalue weighted by Crippen LogP contribution is -2.29. The van der Waals surface area contributed by atoms with E-state index >= 15 is 0 Å². The normalized spacial score (nSPS) is 12.9. The van der Waals surface area contributed by atoms with Crippen LogP contribution in [0.2, 0.25) is 5.02 Å². The lowest BCUT2D eigenvalue weighted by Gasteiger charge is -2.15. The van der Waals surface area contributed by atoms with Gasteiger partial charge in [-0.1, -0.05) is 38.3 Å². The molecule has 0 aliphatic heterocycles. The molecule has 21 heavy (non-hydrogen) atoms. The van der Waals surface area contributed by atoms with Crippen molar-refractivity contribution in [1.82, 2.24) is 4.72 Å². The molecule has 0 saturated heterocycles. The van der Waals surface area contributed by atoms with Gasteiger partial charge in [-0.05, 0) is 24.1 Å². The van der Waals surface area contributed by atoms with Crippen molar-refractivity contribution in [3.8, 4) is 0 Å². The molecule has 0 bridgehead atoms. The number of alkyl halides is 3. The van der Waals surface area contributed by atoms with Gasteiger partial charge in [-0.25, -0.2) is 13.1 Å². The highest BCUT2D eigenvalue weighted by atomic mass is 35.5. The Hall–Kier alpha value is -0.790. The first-order valence-corrected chi connectivity index (χ1v) is 8.34. The van der Waals surface area contributed by atoms with Crippen molar-refractivity contribution in [2.24, 2.45) is 5.92 Å². The second-order valence-corrected chi connectivity index (χ2v) is 6.85. The minimum Gasteiger partial charge on any atom is -0.211 e. The van der Waals surface area contributed by atoms with E-state index in [1.807, 2.05) is 13.8 Å². The number of rotatable bonds is 6. The molecule has 0 heterocycles. The second-order valence-electron chi connectivity index (χ2n) is 4.67. The molecule has 0 amide bonds. The molecule has 8 heteroatoms. The van der Waals surface area contributed by atoms with Crippen LogP contribution in [0.5, 0.6) is 0 Å². The summed E-state index contributed by atoms with van der Waals surface area (Å²) in [5.41, 5.74) is -1.16. The Balaban J connectivity index is 3.04. The predicted octanol–water partition coefficient (Wildman–Crippen LogP) is 4.07. The highest BCUT2D eigenvalue weighted by Gasteiger charge is 2.34. The molecule has 1 rings (SSSR count). The van der Waals surface area contributed by atoms with Crippen molar-refractivity contribution in [3.05, 3.63) is 28.8 Å². The van der Waals surface area contributed by atoms with Crippen LogP contribution in [-0.4, -0.2) is 15.0 Å². The minimum absolute atomic E-state index is 0.147. The highest BCUT2D eigenvalue weighted by Crippen LogP contribution is 2.35. The van der Waals surface area contributed by atoms with E-state index in [0.29, 0.717) is 6.07 Å². The van der Waals surface area contributed by atoms with Crippen LogP contribution in [0.1, 0.15) is 32.3 Å². The van der Waals surface area contributed by atoms with Crippen LogP contribution in [0, 0.1) is 5.92 Å². The van der Waals surface area contributed by atoms with Crippen molar-refractivity contribution in [2.45, 2.75) is 37.8 Å². The summed E-state index contributed by atoms with van der Waals surface area (Å²) in [6.07, 6.45) is -3.13. The van der Waals surface area contributed by atoms with Crippen LogP contribution in [0.4, 0.5) is 13.2 Å². The molecule has 120 valence electrons. The first-order chi connectivity index (χ1) is 9.61. The Kier molecular flexibility index (Phi) is 6.07. The Bertz CT molecular complexity index is 584. The smallest absolute Gasteiger partial charge is 0.211 e. The molecule has 1 aromatic rings. The average molecular weight is 344 g/mol. The van der Waals surface area contributed by atoms with E-state index in [4.69, 9.17) is 11.6 Å². The third-order valence-corrected chi connectivity index (χ3v) is 5.02. The SMILES string of the molecule is CCC(CC)CNS(=O)(=O)c1ccc(Cl)c(C(F)(F)F)c1. The number of nitrogens with one attached hydrogen (secondary N) is 1. The molecule has 1 N–H and O–H groups in total. The van der Waals surface area contributed by atoms with Crippen LogP contribution in [0.25, 0.3) is 0 Å².